The van der Waals surface area contributed by atoms with Crippen LogP contribution in [0.4, 0.5) is 0 Å². The molecule has 0 aromatic heterocycles. The Hall–Kier alpha value is -0.900. The third-order valence-corrected chi connectivity index (χ3v) is 3.23. The summed E-state index contributed by atoms with van der Waals surface area (Å²) in [6.07, 6.45) is 0.964. The second-order valence-corrected chi connectivity index (χ2v) is 4.47. The van der Waals surface area contributed by atoms with E-state index in [-0.39, 0.29) is 11.6 Å². The van der Waals surface area contributed by atoms with Gasteiger partial charge in [0, 0.05) is 6.61 Å². The van der Waals surface area contributed by atoms with Gasteiger partial charge in [-0.25, -0.2) is 0 Å². The summed E-state index contributed by atoms with van der Waals surface area (Å²) in [5, 5.41) is 0. The lowest BCUT2D eigenvalue weighted by molar-refractivity contribution is 0.0304. The van der Waals surface area contributed by atoms with E-state index in [9.17, 15) is 0 Å². The van der Waals surface area contributed by atoms with Crippen molar-refractivity contribution >= 4 is 0 Å². The quantitative estimate of drug-likeness (QED) is 0.841. The molecule has 2 atom stereocenters. The molecule has 1 aliphatic rings. The van der Waals surface area contributed by atoms with Gasteiger partial charge in [-0.2, -0.15) is 0 Å². The molecule has 1 fully saturated rings. The van der Waals surface area contributed by atoms with Gasteiger partial charge in [0.25, 0.3) is 0 Å². The molecule has 1 aliphatic heterocycles. The van der Waals surface area contributed by atoms with Gasteiger partial charge in [0.1, 0.15) is 0 Å². The average molecular weight is 221 g/mol. The molecule has 0 aliphatic carbocycles. The van der Waals surface area contributed by atoms with E-state index in [0.29, 0.717) is 13.2 Å². The van der Waals surface area contributed by atoms with Crippen LogP contribution in [-0.4, -0.2) is 24.9 Å². The third-order valence-electron chi connectivity index (χ3n) is 3.23. The van der Waals surface area contributed by atoms with Crippen LogP contribution >= 0.6 is 0 Å². The molecule has 1 saturated heterocycles. The van der Waals surface area contributed by atoms with Gasteiger partial charge in [-0.3, -0.25) is 0 Å². The van der Waals surface area contributed by atoms with Gasteiger partial charge in [0.05, 0.1) is 24.9 Å². The summed E-state index contributed by atoms with van der Waals surface area (Å²) in [4.78, 5) is 0. The monoisotopic (exact) mass is 221 g/mol. The summed E-state index contributed by atoms with van der Waals surface area (Å²) in [5.41, 5.74) is 7.08. The van der Waals surface area contributed by atoms with Crippen LogP contribution in [0.1, 0.15) is 18.9 Å². The van der Waals surface area contributed by atoms with E-state index in [2.05, 4.69) is 12.1 Å². The highest BCUT2D eigenvalue weighted by atomic mass is 16.5. The van der Waals surface area contributed by atoms with Crippen LogP contribution in [-0.2, 0) is 16.1 Å². The molecule has 3 heteroatoms. The Balaban J connectivity index is 1.80. The maximum atomic E-state index is 6.22. The highest BCUT2D eigenvalue weighted by Crippen LogP contribution is 2.23. The summed E-state index contributed by atoms with van der Waals surface area (Å²) < 4.78 is 11.1. The minimum atomic E-state index is -0.311. The molecule has 0 bridgehead atoms. The molecule has 1 aromatic carbocycles. The molecule has 1 aromatic rings. The van der Waals surface area contributed by atoms with E-state index in [1.54, 1.807) is 0 Å². The maximum absolute atomic E-state index is 6.22. The summed E-state index contributed by atoms with van der Waals surface area (Å²) in [6, 6.07) is 10.1. The predicted octanol–water partition coefficient (Wildman–Crippen LogP) is 1.71. The van der Waals surface area contributed by atoms with Crippen molar-refractivity contribution in [3.8, 4) is 0 Å². The number of hydrogen-bond acceptors (Lipinski definition) is 3. The number of nitrogens with two attached hydrogens (primary N) is 1. The number of rotatable bonds is 4. The minimum absolute atomic E-state index is 0.0864. The Labute approximate surface area is 96.5 Å². The maximum Gasteiger partial charge on any atom is 0.0749 e. The third kappa shape index (κ3) is 2.61. The van der Waals surface area contributed by atoms with Crippen molar-refractivity contribution in [1.82, 2.24) is 0 Å². The van der Waals surface area contributed by atoms with Crippen molar-refractivity contribution in [2.75, 3.05) is 13.2 Å². The largest absolute Gasteiger partial charge is 0.376 e. The molecule has 0 amide bonds. The summed E-state index contributed by atoms with van der Waals surface area (Å²) >= 11 is 0. The van der Waals surface area contributed by atoms with Crippen LogP contribution < -0.4 is 5.73 Å². The van der Waals surface area contributed by atoms with E-state index >= 15 is 0 Å². The molecule has 88 valence electrons. The molecule has 0 spiro atoms. The van der Waals surface area contributed by atoms with Crippen molar-refractivity contribution < 1.29 is 9.47 Å². The predicted molar refractivity (Wildman–Crippen MR) is 63.0 cm³/mol. The first-order chi connectivity index (χ1) is 7.71. The molecule has 16 heavy (non-hydrogen) atoms. The molecule has 1 heterocycles. The van der Waals surface area contributed by atoms with Crippen molar-refractivity contribution in [3.05, 3.63) is 35.9 Å². The Kier molecular flexibility index (Phi) is 3.59. The minimum Gasteiger partial charge on any atom is -0.376 e. The summed E-state index contributed by atoms with van der Waals surface area (Å²) in [6.45, 7) is 3.93. The molecule has 2 unspecified atom stereocenters. The zero-order valence-electron chi connectivity index (χ0n) is 9.69. The lowest BCUT2D eigenvalue weighted by Crippen LogP contribution is -2.50. The van der Waals surface area contributed by atoms with Gasteiger partial charge in [-0.1, -0.05) is 30.3 Å². The Morgan fingerprint density at radius 3 is 2.81 bits per heavy atom. The lowest BCUT2D eigenvalue weighted by Gasteiger charge is -2.26. The first-order valence-corrected chi connectivity index (χ1v) is 5.73. The smallest absolute Gasteiger partial charge is 0.0749 e. The fraction of sp³-hybridized carbons (Fsp3) is 0.538. The van der Waals surface area contributed by atoms with Gasteiger partial charge in [-0.15, -0.1) is 0 Å². The van der Waals surface area contributed by atoms with Gasteiger partial charge < -0.3 is 15.2 Å². The van der Waals surface area contributed by atoms with Gasteiger partial charge in [-0.05, 0) is 18.9 Å². The van der Waals surface area contributed by atoms with Crippen molar-refractivity contribution in [1.29, 1.82) is 0 Å². The second kappa shape index (κ2) is 4.95. The summed E-state index contributed by atoms with van der Waals surface area (Å²) in [5.74, 6) is 0. The number of benzene rings is 1. The lowest BCUT2D eigenvalue weighted by atomic mass is 9.95. The van der Waals surface area contributed by atoms with Crippen LogP contribution in [0.15, 0.2) is 30.3 Å². The van der Waals surface area contributed by atoms with E-state index in [1.807, 2.05) is 25.1 Å². The molecule has 0 radical (unpaired) electrons. The van der Waals surface area contributed by atoms with E-state index in [0.717, 1.165) is 13.0 Å². The van der Waals surface area contributed by atoms with Crippen LogP contribution in [0, 0.1) is 0 Å². The Morgan fingerprint density at radius 1 is 1.44 bits per heavy atom. The normalized spacial score (nSPS) is 29.5. The fourth-order valence-corrected chi connectivity index (χ4v) is 1.92. The average Bonchev–Trinajstić information content (AvgIpc) is 2.61. The topological polar surface area (TPSA) is 44.5 Å². The first kappa shape index (κ1) is 11.6. The number of ether oxygens (including phenoxy) is 2. The molecular weight excluding hydrogens is 202 g/mol. The van der Waals surface area contributed by atoms with Gasteiger partial charge >= 0.3 is 0 Å². The van der Waals surface area contributed by atoms with Crippen LogP contribution in [0.25, 0.3) is 0 Å². The van der Waals surface area contributed by atoms with Crippen molar-refractivity contribution in [3.63, 3.8) is 0 Å². The first-order valence-electron chi connectivity index (χ1n) is 5.73. The number of hydrogen-bond donors (Lipinski definition) is 1. The van der Waals surface area contributed by atoms with Gasteiger partial charge in [0.2, 0.25) is 0 Å². The van der Waals surface area contributed by atoms with E-state index in [4.69, 9.17) is 15.2 Å². The van der Waals surface area contributed by atoms with Crippen molar-refractivity contribution in [2.45, 2.75) is 31.6 Å². The fourth-order valence-electron chi connectivity index (χ4n) is 1.92. The zero-order valence-corrected chi connectivity index (χ0v) is 9.69. The van der Waals surface area contributed by atoms with Gasteiger partial charge in [0.15, 0.2) is 0 Å². The molecule has 2 N–H and O–H groups in total. The van der Waals surface area contributed by atoms with Crippen molar-refractivity contribution in [2.24, 2.45) is 5.73 Å². The zero-order chi connectivity index (χ0) is 11.4. The van der Waals surface area contributed by atoms with Crippen LogP contribution in [0.2, 0.25) is 0 Å². The van der Waals surface area contributed by atoms with E-state index < -0.39 is 0 Å². The molecular formula is C13H19NO2. The highest BCUT2D eigenvalue weighted by molar-refractivity contribution is 5.13. The summed E-state index contributed by atoms with van der Waals surface area (Å²) in [7, 11) is 0. The molecule has 0 saturated carbocycles. The SMILES string of the molecule is CC1OCCC1(N)COCc1ccccc1. The highest BCUT2D eigenvalue weighted by Gasteiger charge is 2.37. The Bertz CT molecular complexity index is 328. The van der Waals surface area contributed by atoms with Crippen LogP contribution in [0.3, 0.4) is 0 Å². The molecule has 2 rings (SSSR count). The second-order valence-electron chi connectivity index (χ2n) is 4.47. The Morgan fingerprint density at radius 2 is 2.19 bits per heavy atom. The van der Waals surface area contributed by atoms with E-state index in [1.165, 1.54) is 5.56 Å². The van der Waals surface area contributed by atoms with Crippen LogP contribution in [0.5, 0.6) is 0 Å². The standard InChI is InChI=1S/C13H19NO2/c1-11-13(14,7-8-16-11)10-15-9-12-5-3-2-4-6-12/h2-6,11H,7-10,14H2,1H3. The molecule has 3 nitrogen and oxygen atoms in total.